The van der Waals surface area contributed by atoms with Crippen LogP contribution in [0.4, 0.5) is 0 Å². The second-order valence-corrected chi connectivity index (χ2v) is 9.13. The van der Waals surface area contributed by atoms with Gasteiger partial charge in [-0.15, -0.1) is 0 Å². The fraction of sp³-hybridized carbons (Fsp3) is 0.480. The Kier molecular flexibility index (Phi) is 6.25. The van der Waals surface area contributed by atoms with Crippen molar-refractivity contribution in [3.63, 3.8) is 0 Å². The van der Waals surface area contributed by atoms with E-state index in [1.54, 1.807) is 12.3 Å². The lowest BCUT2D eigenvalue weighted by atomic mass is 9.76. The van der Waals surface area contributed by atoms with Gasteiger partial charge in [0.15, 0.2) is 0 Å². The average Bonchev–Trinajstić information content (AvgIpc) is 2.78. The van der Waals surface area contributed by atoms with E-state index in [9.17, 15) is 9.59 Å². The molecule has 0 bridgehead atoms. The highest BCUT2D eigenvalue weighted by molar-refractivity contribution is 5.92. The fourth-order valence-electron chi connectivity index (χ4n) is 4.62. The molecule has 0 saturated carbocycles. The Bertz CT molecular complexity index is 921. The van der Waals surface area contributed by atoms with Gasteiger partial charge >= 0.3 is 0 Å². The van der Waals surface area contributed by atoms with Gasteiger partial charge < -0.3 is 15.0 Å². The number of aromatic nitrogens is 1. The van der Waals surface area contributed by atoms with Gasteiger partial charge in [0.1, 0.15) is 17.0 Å². The predicted octanol–water partition coefficient (Wildman–Crippen LogP) is 3.79. The zero-order valence-corrected chi connectivity index (χ0v) is 18.3. The highest BCUT2D eigenvalue weighted by Crippen LogP contribution is 2.46. The third-order valence-corrected chi connectivity index (χ3v) is 6.29. The van der Waals surface area contributed by atoms with E-state index in [2.05, 4.69) is 30.2 Å². The maximum Gasteiger partial charge on any atom is 0.272 e. The SMILES string of the molecule is CC(C)CNC(=O)C[C@@H]1CC2(CCN(C(=O)c3ccccn3)CC2)Oc2ccccc21. The number of carbonyl (C=O) groups is 2. The van der Waals surface area contributed by atoms with E-state index in [4.69, 9.17) is 4.74 Å². The lowest BCUT2D eigenvalue weighted by Gasteiger charge is -2.46. The van der Waals surface area contributed by atoms with Gasteiger partial charge in [0.05, 0.1) is 0 Å². The summed E-state index contributed by atoms with van der Waals surface area (Å²) in [5, 5.41) is 3.05. The molecule has 1 saturated heterocycles. The van der Waals surface area contributed by atoms with Crippen molar-refractivity contribution in [1.82, 2.24) is 15.2 Å². The van der Waals surface area contributed by atoms with Crippen LogP contribution in [0, 0.1) is 5.92 Å². The molecule has 1 aromatic heterocycles. The summed E-state index contributed by atoms with van der Waals surface area (Å²) in [6, 6.07) is 13.5. The summed E-state index contributed by atoms with van der Waals surface area (Å²) in [5.41, 5.74) is 1.26. The monoisotopic (exact) mass is 421 g/mol. The molecule has 1 atom stereocenters. The van der Waals surface area contributed by atoms with Crippen LogP contribution in [0.1, 0.15) is 61.5 Å². The number of piperidine rings is 1. The zero-order valence-electron chi connectivity index (χ0n) is 18.3. The van der Waals surface area contributed by atoms with Gasteiger partial charge in [-0.3, -0.25) is 14.6 Å². The van der Waals surface area contributed by atoms with Crippen LogP contribution < -0.4 is 10.1 Å². The molecule has 2 amide bonds. The second-order valence-electron chi connectivity index (χ2n) is 9.13. The number of para-hydroxylation sites is 1. The zero-order chi connectivity index (χ0) is 21.8. The number of hydrogen-bond acceptors (Lipinski definition) is 4. The molecule has 6 heteroatoms. The molecule has 1 fully saturated rings. The van der Waals surface area contributed by atoms with Crippen molar-refractivity contribution in [2.75, 3.05) is 19.6 Å². The maximum absolute atomic E-state index is 12.8. The van der Waals surface area contributed by atoms with Gasteiger partial charge in [-0.05, 0) is 36.1 Å². The Morgan fingerprint density at radius 1 is 1.16 bits per heavy atom. The van der Waals surface area contributed by atoms with Crippen LogP contribution in [-0.2, 0) is 4.79 Å². The number of nitrogens with zero attached hydrogens (tertiary/aromatic N) is 2. The number of likely N-dealkylation sites (tertiary alicyclic amines) is 1. The van der Waals surface area contributed by atoms with Crippen molar-refractivity contribution < 1.29 is 14.3 Å². The molecule has 0 aliphatic carbocycles. The van der Waals surface area contributed by atoms with E-state index in [0.717, 1.165) is 30.6 Å². The summed E-state index contributed by atoms with van der Waals surface area (Å²) >= 11 is 0. The molecule has 1 spiro atoms. The first-order valence-electron chi connectivity index (χ1n) is 11.2. The molecular formula is C25H31N3O3. The summed E-state index contributed by atoms with van der Waals surface area (Å²) in [6.45, 7) is 6.14. The Labute approximate surface area is 184 Å². The van der Waals surface area contributed by atoms with E-state index in [1.807, 2.05) is 35.2 Å². The number of carbonyl (C=O) groups excluding carboxylic acids is 2. The molecule has 164 valence electrons. The molecule has 1 aromatic carbocycles. The first kappa shape index (κ1) is 21.3. The molecule has 31 heavy (non-hydrogen) atoms. The average molecular weight is 422 g/mol. The number of nitrogens with one attached hydrogen (secondary N) is 1. The Morgan fingerprint density at radius 3 is 2.61 bits per heavy atom. The highest BCUT2D eigenvalue weighted by Gasteiger charge is 2.44. The summed E-state index contributed by atoms with van der Waals surface area (Å²) in [4.78, 5) is 31.4. The molecule has 2 aliphatic rings. The summed E-state index contributed by atoms with van der Waals surface area (Å²) < 4.78 is 6.52. The van der Waals surface area contributed by atoms with E-state index in [0.29, 0.717) is 37.7 Å². The van der Waals surface area contributed by atoms with Gasteiger partial charge in [-0.25, -0.2) is 0 Å². The minimum atomic E-state index is -0.335. The first-order valence-corrected chi connectivity index (χ1v) is 11.2. The van der Waals surface area contributed by atoms with Crippen molar-refractivity contribution >= 4 is 11.8 Å². The standard InChI is InChI=1S/C25H31N3O3/c1-18(2)17-27-23(29)15-19-16-25(31-22-9-4-3-7-20(19)22)10-13-28(14-11-25)24(30)21-8-5-6-12-26-21/h3-9,12,18-19H,10-11,13-17H2,1-2H3,(H,27,29)/t19-/m1/s1. The van der Waals surface area contributed by atoms with Crippen LogP contribution in [0.2, 0.25) is 0 Å². The molecule has 1 N–H and O–H groups in total. The van der Waals surface area contributed by atoms with Crippen molar-refractivity contribution in [3.8, 4) is 5.75 Å². The Morgan fingerprint density at radius 2 is 1.90 bits per heavy atom. The molecule has 6 nitrogen and oxygen atoms in total. The minimum absolute atomic E-state index is 0.0312. The van der Waals surface area contributed by atoms with Gasteiger partial charge in [-0.1, -0.05) is 38.1 Å². The van der Waals surface area contributed by atoms with Crippen LogP contribution in [0.5, 0.6) is 5.75 Å². The van der Waals surface area contributed by atoms with E-state index in [-0.39, 0.29) is 23.3 Å². The molecular weight excluding hydrogens is 390 g/mol. The highest BCUT2D eigenvalue weighted by atomic mass is 16.5. The van der Waals surface area contributed by atoms with E-state index in [1.165, 1.54) is 0 Å². The fourth-order valence-corrected chi connectivity index (χ4v) is 4.62. The van der Waals surface area contributed by atoms with Crippen molar-refractivity contribution in [1.29, 1.82) is 0 Å². The Balaban J connectivity index is 1.46. The van der Waals surface area contributed by atoms with Gasteiger partial charge in [0.25, 0.3) is 5.91 Å². The summed E-state index contributed by atoms with van der Waals surface area (Å²) in [5.74, 6) is 1.48. The molecule has 4 rings (SSSR count). The lowest BCUT2D eigenvalue weighted by Crippen LogP contribution is -2.52. The van der Waals surface area contributed by atoms with Crippen LogP contribution in [0.3, 0.4) is 0 Å². The third kappa shape index (κ3) is 4.89. The van der Waals surface area contributed by atoms with Crippen LogP contribution in [0.15, 0.2) is 48.7 Å². The smallest absolute Gasteiger partial charge is 0.272 e. The number of fused-ring (bicyclic) bond motifs is 1. The molecule has 2 aromatic rings. The number of pyridine rings is 1. The summed E-state index contributed by atoms with van der Waals surface area (Å²) in [6.07, 6.45) is 4.42. The van der Waals surface area contributed by atoms with Crippen molar-refractivity contribution in [2.24, 2.45) is 5.92 Å². The minimum Gasteiger partial charge on any atom is -0.487 e. The second kappa shape index (κ2) is 9.08. The molecule has 3 heterocycles. The maximum atomic E-state index is 12.8. The van der Waals surface area contributed by atoms with Crippen LogP contribution >= 0.6 is 0 Å². The van der Waals surface area contributed by atoms with E-state index >= 15 is 0 Å². The van der Waals surface area contributed by atoms with Crippen LogP contribution in [-0.4, -0.2) is 46.9 Å². The number of hydrogen-bond donors (Lipinski definition) is 1. The van der Waals surface area contributed by atoms with E-state index < -0.39 is 0 Å². The van der Waals surface area contributed by atoms with Gasteiger partial charge in [0, 0.05) is 51.0 Å². The number of rotatable bonds is 5. The summed E-state index contributed by atoms with van der Waals surface area (Å²) in [7, 11) is 0. The normalized spacial score (nSPS) is 19.6. The quantitative estimate of drug-likeness (QED) is 0.797. The molecule has 0 unspecified atom stereocenters. The molecule has 2 aliphatic heterocycles. The first-order chi connectivity index (χ1) is 15.0. The Hall–Kier alpha value is -2.89. The number of amides is 2. The number of benzene rings is 1. The van der Waals surface area contributed by atoms with Gasteiger partial charge in [0.2, 0.25) is 5.91 Å². The largest absolute Gasteiger partial charge is 0.487 e. The lowest BCUT2D eigenvalue weighted by molar-refractivity contribution is -0.122. The van der Waals surface area contributed by atoms with Crippen molar-refractivity contribution in [3.05, 3.63) is 59.9 Å². The van der Waals surface area contributed by atoms with Gasteiger partial charge in [-0.2, -0.15) is 0 Å². The van der Waals surface area contributed by atoms with Crippen molar-refractivity contribution in [2.45, 2.75) is 51.0 Å². The van der Waals surface area contributed by atoms with Crippen LogP contribution in [0.25, 0.3) is 0 Å². The topological polar surface area (TPSA) is 71.5 Å². The molecule has 0 radical (unpaired) electrons. The number of ether oxygens (including phenoxy) is 1. The third-order valence-electron chi connectivity index (χ3n) is 6.29. The predicted molar refractivity (Wildman–Crippen MR) is 119 cm³/mol.